The van der Waals surface area contributed by atoms with Gasteiger partial charge in [0.2, 0.25) is 11.2 Å². The fourth-order valence-corrected chi connectivity index (χ4v) is 5.82. The van der Waals surface area contributed by atoms with Crippen molar-refractivity contribution in [2.24, 2.45) is 7.05 Å². The lowest BCUT2D eigenvalue weighted by molar-refractivity contribution is -0.270. The first-order valence-corrected chi connectivity index (χ1v) is 15.8. The minimum absolute atomic E-state index is 0.0189. The Kier molecular flexibility index (Phi) is 10.3. The van der Waals surface area contributed by atoms with E-state index in [2.05, 4.69) is 9.71 Å². The van der Waals surface area contributed by atoms with Crippen molar-refractivity contribution in [3.05, 3.63) is 69.8 Å². The Morgan fingerprint density at radius 1 is 1.17 bits per heavy atom. The standard InChI is InChI=1S/C32H38F3N3O8S/c1-29(2,3)47(43)37-30(4)18-46-28-21(30)16-25(36-27(28)20-8-10-26(41)38(5)17-20)31(42,32(33,34)35)12-11-22(40)19-7-9-23(45-14-13-39)24(15-19)44-6/h7-10,15-17,37,39,42H,11-14,18H2,1-6H3. The molecular weight excluding hydrogens is 643 g/mol. The number of alkyl halides is 3. The van der Waals surface area contributed by atoms with Crippen LogP contribution in [-0.2, 0) is 29.2 Å². The Labute approximate surface area is 272 Å². The van der Waals surface area contributed by atoms with Gasteiger partial charge in [-0.05, 0) is 64.4 Å². The predicted octanol–water partition coefficient (Wildman–Crippen LogP) is 3.90. The number of carbonyl (C=O) groups excluding carboxylic acids is 1. The lowest BCUT2D eigenvalue weighted by Gasteiger charge is -2.32. The van der Waals surface area contributed by atoms with Crippen LogP contribution in [0.3, 0.4) is 0 Å². The average molecular weight is 682 g/mol. The number of aliphatic hydroxyl groups excluding tert-OH is 1. The van der Waals surface area contributed by atoms with Crippen LogP contribution in [0.1, 0.15) is 62.2 Å². The maximum atomic E-state index is 14.9. The van der Waals surface area contributed by atoms with Crippen LogP contribution in [0, 0.1) is 0 Å². The molecule has 3 atom stereocenters. The number of benzene rings is 1. The van der Waals surface area contributed by atoms with Gasteiger partial charge in [-0.3, -0.25) is 9.59 Å². The van der Waals surface area contributed by atoms with E-state index in [1.165, 1.54) is 55.3 Å². The van der Waals surface area contributed by atoms with Crippen LogP contribution in [0.25, 0.3) is 11.3 Å². The van der Waals surface area contributed by atoms with Crippen molar-refractivity contribution in [1.82, 2.24) is 14.3 Å². The van der Waals surface area contributed by atoms with Gasteiger partial charge in [0.25, 0.3) is 0 Å². The van der Waals surface area contributed by atoms with Crippen molar-refractivity contribution in [3.63, 3.8) is 0 Å². The van der Waals surface area contributed by atoms with Crippen molar-refractivity contribution in [2.75, 3.05) is 26.9 Å². The molecule has 3 aromatic rings. The lowest BCUT2D eigenvalue weighted by atomic mass is 9.86. The Bertz CT molecular complexity index is 1740. The second kappa shape index (κ2) is 13.4. The predicted molar refractivity (Wildman–Crippen MR) is 168 cm³/mol. The summed E-state index contributed by atoms with van der Waals surface area (Å²) in [6, 6.07) is 7.71. The number of aryl methyl sites for hydroxylation is 1. The summed E-state index contributed by atoms with van der Waals surface area (Å²) in [5, 5.41) is 20.5. The molecule has 0 saturated heterocycles. The Morgan fingerprint density at radius 3 is 2.47 bits per heavy atom. The number of ether oxygens (including phenoxy) is 3. The quantitative estimate of drug-likeness (QED) is 0.242. The topological polar surface area (TPSA) is 149 Å². The van der Waals surface area contributed by atoms with Crippen LogP contribution in [0.5, 0.6) is 17.2 Å². The normalized spacial score (nSPS) is 18.2. The maximum absolute atomic E-state index is 14.9. The molecule has 2 aromatic heterocycles. The number of aromatic nitrogens is 2. The molecule has 0 saturated carbocycles. The number of nitrogens with zero attached hydrogens (tertiary/aromatic N) is 2. The van der Waals surface area contributed by atoms with Gasteiger partial charge in [-0.1, -0.05) is 0 Å². The van der Waals surface area contributed by atoms with Crippen LogP contribution in [0.2, 0.25) is 0 Å². The third kappa shape index (κ3) is 7.37. The van der Waals surface area contributed by atoms with E-state index in [9.17, 15) is 32.1 Å². The molecule has 4 rings (SSSR count). The molecule has 0 radical (unpaired) electrons. The molecular formula is C32H38F3N3O8S. The minimum atomic E-state index is -5.29. The average Bonchev–Trinajstić information content (AvgIpc) is 3.34. The number of hydrogen-bond acceptors (Lipinski definition) is 9. The highest BCUT2D eigenvalue weighted by Gasteiger charge is 2.57. The molecule has 0 aliphatic carbocycles. The molecule has 3 unspecified atom stereocenters. The Hall–Kier alpha value is -3.79. The highest BCUT2D eigenvalue weighted by molar-refractivity contribution is 7.84. The molecule has 1 aliphatic rings. The molecule has 3 N–H and O–H groups in total. The summed E-state index contributed by atoms with van der Waals surface area (Å²) in [6.07, 6.45) is -5.72. The van der Waals surface area contributed by atoms with Crippen molar-refractivity contribution in [3.8, 4) is 28.5 Å². The van der Waals surface area contributed by atoms with Gasteiger partial charge in [-0.25, -0.2) is 13.9 Å². The zero-order chi connectivity index (χ0) is 34.9. The van der Waals surface area contributed by atoms with Crippen LogP contribution >= 0.6 is 0 Å². The van der Waals surface area contributed by atoms with Crippen molar-refractivity contribution in [2.45, 2.75) is 62.6 Å². The van der Waals surface area contributed by atoms with E-state index in [0.29, 0.717) is 0 Å². The molecule has 0 fully saturated rings. The third-order valence-electron chi connectivity index (χ3n) is 7.75. The molecule has 47 heavy (non-hydrogen) atoms. The lowest BCUT2D eigenvalue weighted by Crippen LogP contribution is -2.47. The fourth-order valence-electron chi connectivity index (χ4n) is 4.94. The van der Waals surface area contributed by atoms with Gasteiger partial charge in [-0.2, -0.15) is 13.2 Å². The molecule has 1 aromatic carbocycles. The van der Waals surface area contributed by atoms with E-state index in [1.54, 1.807) is 27.7 Å². The zero-order valence-electron chi connectivity index (χ0n) is 26.9. The van der Waals surface area contributed by atoms with Crippen LogP contribution < -0.4 is 24.5 Å². The van der Waals surface area contributed by atoms with E-state index in [0.717, 1.165) is 6.07 Å². The van der Waals surface area contributed by atoms with E-state index in [-0.39, 0.29) is 65.0 Å². The second-order valence-electron chi connectivity index (χ2n) is 12.4. The third-order valence-corrected chi connectivity index (χ3v) is 9.50. The molecule has 15 heteroatoms. The van der Waals surface area contributed by atoms with Crippen molar-refractivity contribution < 1.29 is 46.6 Å². The summed E-state index contributed by atoms with van der Waals surface area (Å²) < 4.78 is 77.8. The Balaban J connectivity index is 1.81. The number of pyridine rings is 2. The number of carbonyl (C=O) groups is 1. The summed E-state index contributed by atoms with van der Waals surface area (Å²) >= 11 is 0. The fraction of sp³-hybridized carbons (Fsp3) is 0.469. The number of rotatable bonds is 12. The van der Waals surface area contributed by atoms with Gasteiger partial charge in [0.15, 0.2) is 23.0 Å². The van der Waals surface area contributed by atoms with Gasteiger partial charge in [0, 0.05) is 42.4 Å². The minimum Gasteiger partial charge on any atom is -0.493 e. The van der Waals surface area contributed by atoms with E-state index < -0.39 is 57.4 Å². The van der Waals surface area contributed by atoms with Crippen LogP contribution in [0.15, 0.2) is 47.4 Å². The number of fused-ring (bicyclic) bond motifs is 1. The van der Waals surface area contributed by atoms with E-state index in [1.807, 2.05) is 0 Å². The van der Waals surface area contributed by atoms with Gasteiger partial charge < -0.3 is 29.0 Å². The highest BCUT2D eigenvalue weighted by Crippen LogP contribution is 2.48. The molecule has 3 heterocycles. The van der Waals surface area contributed by atoms with Gasteiger partial charge in [0.1, 0.15) is 18.9 Å². The molecule has 0 bridgehead atoms. The molecule has 0 amide bonds. The van der Waals surface area contributed by atoms with Crippen molar-refractivity contribution in [1.29, 1.82) is 0 Å². The second-order valence-corrected chi connectivity index (χ2v) is 14.4. The van der Waals surface area contributed by atoms with E-state index in [4.69, 9.17) is 19.3 Å². The molecule has 1 aliphatic heterocycles. The smallest absolute Gasteiger partial charge is 0.422 e. The first-order valence-electron chi connectivity index (χ1n) is 14.6. The Morgan fingerprint density at radius 2 is 1.87 bits per heavy atom. The number of nitrogens with one attached hydrogen (secondary N) is 1. The summed E-state index contributed by atoms with van der Waals surface area (Å²) in [7, 11) is 1.12. The monoisotopic (exact) mass is 681 g/mol. The number of hydrogen-bond donors (Lipinski definition) is 3. The SMILES string of the molecule is COc1cc(C(=O)CCC(O)(c2cc3c(c(-c4ccc(=O)n(C)c4)n2)OCC3(C)NS(=O)C(C)(C)C)C(F)(F)F)ccc1OCCO. The first-order chi connectivity index (χ1) is 21.8. The summed E-state index contributed by atoms with van der Waals surface area (Å²) in [6.45, 7) is 6.39. The van der Waals surface area contributed by atoms with Crippen LogP contribution in [0.4, 0.5) is 13.2 Å². The first kappa shape index (κ1) is 36.1. The zero-order valence-corrected chi connectivity index (χ0v) is 27.7. The number of Topliss-reactive ketones (excluding diaryl/α,β-unsaturated/α-hetero) is 1. The number of methoxy groups -OCH3 is 1. The number of halogens is 3. The number of aliphatic hydroxyl groups is 2. The van der Waals surface area contributed by atoms with Crippen molar-refractivity contribution >= 4 is 16.8 Å². The summed E-state index contributed by atoms with van der Waals surface area (Å²) in [5.41, 5.74) is -5.69. The van der Waals surface area contributed by atoms with E-state index >= 15 is 0 Å². The molecule has 256 valence electrons. The molecule has 11 nitrogen and oxygen atoms in total. The largest absolute Gasteiger partial charge is 0.493 e. The highest BCUT2D eigenvalue weighted by atomic mass is 32.2. The molecule has 0 spiro atoms. The maximum Gasteiger partial charge on any atom is 0.422 e. The van der Waals surface area contributed by atoms with Gasteiger partial charge in [0.05, 0.1) is 40.7 Å². The number of ketones is 1. The van der Waals surface area contributed by atoms with Crippen LogP contribution in [-0.4, -0.2) is 67.6 Å². The summed E-state index contributed by atoms with van der Waals surface area (Å²) in [5.74, 6) is -0.250. The summed E-state index contributed by atoms with van der Waals surface area (Å²) in [4.78, 5) is 29.5. The van der Waals surface area contributed by atoms with Gasteiger partial charge >= 0.3 is 6.18 Å². The van der Waals surface area contributed by atoms with Gasteiger partial charge in [-0.15, -0.1) is 0 Å².